The van der Waals surface area contributed by atoms with E-state index in [1.54, 1.807) is 13.1 Å². The molecule has 2 rings (SSSR count). The molecule has 6 heteroatoms. The number of anilines is 1. The Morgan fingerprint density at radius 1 is 1.36 bits per heavy atom. The molecule has 6 nitrogen and oxygen atoms in total. The van der Waals surface area contributed by atoms with E-state index in [4.69, 9.17) is 0 Å². The number of nitrogens with zero attached hydrogens (tertiary/aromatic N) is 2. The average Bonchev–Trinajstić information content (AvgIpc) is 2.54. The van der Waals surface area contributed by atoms with Crippen molar-refractivity contribution in [1.29, 1.82) is 0 Å². The summed E-state index contributed by atoms with van der Waals surface area (Å²) in [5.74, 6) is 0.664. The number of rotatable bonds is 4. The van der Waals surface area contributed by atoms with Crippen LogP contribution in [0.1, 0.15) is 37.2 Å². The smallest absolute Gasteiger partial charge is 0.269 e. The zero-order valence-corrected chi connectivity index (χ0v) is 13.4. The summed E-state index contributed by atoms with van der Waals surface area (Å²) in [5, 5.41) is 5.66. The largest absolute Gasteiger partial charge is 0.355 e. The molecular formula is C16H24N4O2. The van der Waals surface area contributed by atoms with Crippen LogP contribution in [0.3, 0.4) is 0 Å². The van der Waals surface area contributed by atoms with Crippen molar-refractivity contribution in [2.24, 2.45) is 5.92 Å². The second kappa shape index (κ2) is 7.24. The predicted molar refractivity (Wildman–Crippen MR) is 85.8 cm³/mol. The molecule has 2 amide bonds. The van der Waals surface area contributed by atoms with Gasteiger partial charge in [-0.3, -0.25) is 9.59 Å². The molecule has 0 spiro atoms. The predicted octanol–water partition coefficient (Wildman–Crippen LogP) is 1.18. The molecule has 0 unspecified atom stereocenters. The van der Waals surface area contributed by atoms with Crippen molar-refractivity contribution in [2.45, 2.75) is 32.7 Å². The number of aromatic nitrogens is 1. The maximum Gasteiger partial charge on any atom is 0.269 e. The molecule has 1 aromatic heterocycles. The minimum Gasteiger partial charge on any atom is -0.355 e. The quantitative estimate of drug-likeness (QED) is 0.876. The molecule has 0 radical (unpaired) electrons. The van der Waals surface area contributed by atoms with Gasteiger partial charge in [0.1, 0.15) is 11.5 Å². The van der Waals surface area contributed by atoms with Gasteiger partial charge in [-0.15, -0.1) is 0 Å². The fourth-order valence-electron chi connectivity index (χ4n) is 2.52. The Kier molecular flexibility index (Phi) is 5.35. The second-order valence-corrected chi connectivity index (χ2v) is 5.91. The highest BCUT2D eigenvalue weighted by Crippen LogP contribution is 2.18. The Labute approximate surface area is 131 Å². The van der Waals surface area contributed by atoms with Crippen molar-refractivity contribution in [3.05, 3.63) is 23.9 Å². The van der Waals surface area contributed by atoms with Gasteiger partial charge in [0.15, 0.2) is 0 Å². The van der Waals surface area contributed by atoms with Crippen LogP contribution in [0.4, 0.5) is 5.82 Å². The number of hydrogen-bond donors (Lipinski definition) is 2. The second-order valence-electron chi connectivity index (χ2n) is 5.91. The fourth-order valence-corrected chi connectivity index (χ4v) is 2.52. The van der Waals surface area contributed by atoms with E-state index in [9.17, 15) is 9.59 Å². The van der Waals surface area contributed by atoms with Gasteiger partial charge in [0.05, 0.1) is 0 Å². The summed E-state index contributed by atoms with van der Waals surface area (Å²) in [6, 6.07) is 5.57. The van der Waals surface area contributed by atoms with Crippen molar-refractivity contribution in [1.82, 2.24) is 15.6 Å². The number of carbonyl (C=O) groups is 2. The van der Waals surface area contributed by atoms with Gasteiger partial charge in [-0.05, 0) is 25.0 Å². The molecule has 1 fully saturated rings. The first-order valence-corrected chi connectivity index (χ1v) is 7.75. The number of pyridine rings is 1. The van der Waals surface area contributed by atoms with E-state index in [-0.39, 0.29) is 23.8 Å². The third-order valence-corrected chi connectivity index (χ3v) is 3.81. The lowest BCUT2D eigenvalue weighted by Crippen LogP contribution is -2.49. The highest BCUT2D eigenvalue weighted by Gasteiger charge is 2.23. The third-order valence-electron chi connectivity index (χ3n) is 3.81. The normalized spacial score (nSPS) is 18.2. The van der Waals surface area contributed by atoms with Crippen LogP contribution in [0.2, 0.25) is 0 Å². The highest BCUT2D eigenvalue weighted by atomic mass is 16.2. The van der Waals surface area contributed by atoms with Crippen molar-refractivity contribution < 1.29 is 9.59 Å². The minimum absolute atomic E-state index is 0.00919. The van der Waals surface area contributed by atoms with Gasteiger partial charge in [0.25, 0.3) is 5.91 Å². The molecule has 1 saturated heterocycles. The lowest BCUT2D eigenvalue weighted by molar-refractivity contribution is -0.124. The van der Waals surface area contributed by atoms with E-state index >= 15 is 0 Å². The Morgan fingerprint density at radius 2 is 2.14 bits per heavy atom. The summed E-state index contributed by atoms with van der Waals surface area (Å²) in [4.78, 5) is 30.1. The fraction of sp³-hybridized carbons (Fsp3) is 0.562. The van der Waals surface area contributed by atoms with Crippen molar-refractivity contribution in [2.75, 3.05) is 25.0 Å². The molecule has 0 aromatic carbocycles. The van der Waals surface area contributed by atoms with Gasteiger partial charge in [0.2, 0.25) is 5.91 Å². The first-order chi connectivity index (χ1) is 10.5. The molecule has 1 atom stereocenters. The number of nitrogens with one attached hydrogen (secondary N) is 2. The van der Waals surface area contributed by atoms with E-state index in [2.05, 4.69) is 20.5 Å². The molecular weight excluding hydrogens is 280 g/mol. The van der Waals surface area contributed by atoms with Gasteiger partial charge < -0.3 is 15.5 Å². The minimum atomic E-state index is -0.191. The Balaban J connectivity index is 2.06. The van der Waals surface area contributed by atoms with Crippen molar-refractivity contribution in [3.8, 4) is 0 Å². The van der Waals surface area contributed by atoms with Crippen molar-refractivity contribution >= 4 is 17.6 Å². The SMILES string of the molecule is CNC(=O)c1cccc(N2CCC[C@H](NC(=O)C(C)C)C2)n1. The molecule has 0 aliphatic carbocycles. The van der Waals surface area contributed by atoms with Gasteiger partial charge in [-0.2, -0.15) is 0 Å². The zero-order chi connectivity index (χ0) is 16.1. The molecule has 0 saturated carbocycles. The van der Waals surface area contributed by atoms with E-state index < -0.39 is 0 Å². The lowest BCUT2D eigenvalue weighted by atomic mass is 10.0. The molecule has 22 heavy (non-hydrogen) atoms. The van der Waals surface area contributed by atoms with E-state index in [0.29, 0.717) is 5.69 Å². The van der Waals surface area contributed by atoms with Crippen LogP contribution >= 0.6 is 0 Å². The van der Waals surface area contributed by atoms with Crippen LogP contribution in [-0.4, -0.2) is 43.0 Å². The topological polar surface area (TPSA) is 74.3 Å². The van der Waals surface area contributed by atoms with Crippen molar-refractivity contribution in [3.63, 3.8) is 0 Å². The maximum atomic E-state index is 11.8. The summed E-state index contributed by atoms with van der Waals surface area (Å²) in [6.07, 6.45) is 1.97. The van der Waals surface area contributed by atoms with Gasteiger partial charge in [-0.1, -0.05) is 19.9 Å². The number of carbonyl (C=O) groups excluding carboxylic acids is 2. The van der Waals surface area contributed by atoms with Crippen LogP contribution in [-0.2, 0) is 4.79 Å². The maximum absolute atomic E-state index is 11.8. The van der Waals surface area contributed by atoms with Crippen LogP contribution in [0, 0.1) is 5.92 Å². The molecule has 2 N–H and O–H groups in total. The monoisotopic (exact) mass is 304 g/mol. The van der Waals surface area contributed by atoms with E-state index in [1.807, 2.05) is 26.0 Å². The Hall–Kier alpha value is -2.11. The standard InChI is InChI=1S/C16H24N4O2/c1-11(2)15(21)18-12-6-5-9-20(10-12)14-8-4-7-13(19-14)16(22)17-3/h4,7-8,11-12H,5-6,9-10H2,1-3H3,(H,17,22)(H,18,21)/t12-/m0/s1. The lowest BCUT2D eigenvalue weighted by Gasteiger charge is -2.34. The summed E-state index contributed by atoms with van der Waals surface area (Å²) in [6.45, 7) is 5.40. The molecule has 1 aliphatic rings. The first kappa shape index (κ1) is 16.3. The van der Waals surface area contributed by atoms with Gasteiger partial charge in [-0.25, -0.2) is 4.98 Å². The zero-order valence-electron chi connectivity index (χ0n) is 13.4. The first-order valence-electron chi connectivity index (χ1n) is 7.75. The average molecular weight is 304 g/mol. The highest BCUT2D eigenvalue weighted by molar-refractivity contribution is 5.92. The van der Waals surface area contributed by atoms with E-state index in [1.165, 1.54) is 0 Å². The number of hydrogen-bond acceptors (Lipinski definition) is 4. The van der Waals surface area contributed by atoms with Crippen LogP contribution in [0.5, 0.6) is 0 Å². The van der Waals surface area contributed by atoms with Crippen LogP contribution < -0.4 is 15.5 Å². The molecule has 2 heterocycles. The molecule has 1 aliphatic heterocycles. The number of amides is 2. The molecule has 1 aromatic rings. The summed E-state index contributed by atoms with van der Waals surface area (Å²) >= 11 is 0. The van der Waals surface area contributed by atoms with Gasteiger partial charge >= 0.3 is 0 Å². The van der Waals surface area contributed by atoms with E-state index in [0.717, 1.165) is 31.7 Å². The Bertz CT molecular complexity index is 545. The molecule has 0 bridgehead atoms. The summed E-state index contributed by atoms with van der Waals surface area (Å²) in [5.41, 5.74) is 0.410. The van der Waals surface area contributed by atoms with Crippen LogP contribution in [0.15, 0.2) is 18.2 Å². The van der Waals surface area contributed by atoms with Crippen LogP contribution in [0.25, 0.3) is 0 Å². The summed E-state index contributed by atoms with van der Waals surface area (Å²) in [7, 11) is 1.59. The third kappa shape index (κ3) is 3.96. The number of piperidine rings is 1. The summed E-state index contributed by atoms with van der Waals surface area (Å²) < 4.78 is 0. The molecule has 120 valence electrons. The Morgan fingerprint density at radius 3 is 2.82 bits per heavy atom. The van der Waals surface area contributed by atoms with Gasteiger partial charge in [0, 0.05) is 32.1 Å².